The number of hydrogen-bond donors (Lipinski definition) is 0. The number of rotatable bonds is 4. The minimum atomic E-state index is -0.645. The molecule has 4 aromatic rings. The molecule has 0 aliphatic carbocycles. The van der Waals surface area contributed by atoms with Gasteiger partial charge in [-0.2, -0.15) is 0 Å². The van der Waals surface area contributed by atoms with Gasteiger partial charge in [0, 0.05) is 21.3 Å². The van der Waals surface area contributed by atoms with E-state index in [0.29, 0.717) is 0 Å². The van der Waals surface area contributed by atoms with Crippen LogP contribution in [0.2, 0.25) is 0 Å². The van der Waals surface area contributed by atoms with Crippen molar-refractivity contribution in [2.24, 2.45) is 0 Å². The highest BCUT2D eigenvalue weighted by Gasteiger charge is 2.31. The maximum absolute atomic E-state index is 6.37. The van der Waals surface area contributed by atoms with Crippen molar-refractivity contribution in [2.45, 2.75) is 5.66 Å². The van der Waals surface area contributed by atoms with Gasteiger partial charge in [0.2, 0.25) is 0 Å². The molecule has 1 aliphatic rings. The minimum absolute atomic E-state index is 0.230. The number of hydrogen-bond acceptors (Lipinski definition) is 1. The Hall–Kier alpha value is -2.67. The fourth-order valence-electron chi connectivity index (χ4n) is 3.83. The average Bonchev–Trinajstić information content (AvgIpc) is 2.81. The van der Waals surface area contributed by atoms with Crippen LogP contribution >= 0.6 is 23.9 Å². The fraction of sp³-hybridized carbons (Fsp3) is 0.0370. The van der Waals surface area contributed by atoms with Crippen LogP contribution in [0, 0.1) is 0 Å². The molecule has 1 unspecified atom stereocenters. The Bertz CT molecular complexity index is 1130. The van der Waals surface area contributed by atoms with Gasteiger partial charge in [-0.1, -0.05) is 107 Å². The summed E-state index contributed by atoms with van der Waals surface area (Å²) in [6.45, 7) is 0. The fourth-order valence-corrected chi connectivity index (χ4v) is 6.80. The summed E-state index contributed by atoms with van der Waals surface area (Å²) in [5.74, 6) is 1.87. The topological polar surface area (TPSA) is 9.23 Å². The van der Waals surface area contributed by atoms with Crippen molar-refractivity contribution in [3.05, 3.63) is 131 Å². The van der Waals surface area contributed by atoms with E-state index >= 15 is 0 Å². The van der Waals surface area contributed by atoms with E-state index in [-0.39, 0.29) is 5.66 Å². The highest BCUT2D eigenvalue weighted by molar-refractivity contribution is 9.10. The molecule has 1 nitrogen and oxygen atoms in total. The van der Waals surface area contributed by atoms with Gasteiger partial charge in [-0.15, -0.1) is 0 Å². The first-order valence-electron chi connectivity index (χ1n) is 9.93. The minimum Gasteiger partial charge on any atom is -0.457 e. The predicted octanol–water partition coefficient (Wildman–Crippen LogP) is 7.06. The molecule has 0 bridgehead atoms. The smallest absolute Gasteiger partial charge is 0.131 e. The van der Waals surface area contributed by atoms with E-state index in [1.54, 1.807) is 0 Å². The molecule has 0 saturated carbocycles. The molecule has 0 radical (unpaired) electrons. The van der Waals surface area contributed by atoms with Crippen molar-refractivity contribution in [1.82, 2.24) is 0 Å². The van der Waals surface area contributed by atoms with Crippen molar-refractivity contribution in [2.75, 3.05) is 0 Å². The number of fused-ring (bicyclic) bond motifs is 1. The summed E-state index contributed by atoms with van der Waals surface area (Å²) in [5, 5.41) is 2.73. The molecule has 1 atom stereocenters. The molecule has 4 aromatic carbocycles. The van der Waals surface area contributed by atoms with Gasteiger partial charge in [0.1, 0.15) is 11.5 Å². The van der Waals surface area contributed by atoms with Crippen LogP contribution in [0.4, 0.5) is 0 Å². The summed E-state index contributed by atoms with van der Waals surface area (Å²) in [6, 6.07) is 38.5. The van der Waals surface area contributed by atoms with Gasteiger partial charge in [0.15, 0.2) is 0 Å². The van der Waals surface area contributed by atoms with E-state index in [1.807, 2.05) is 6.07 Å². The van der Waals surface area contributed by atoms with E-state index < -0.39 is 7.92 Å². The summed E-state index contributed by atoms with van der Waals surface area (Å²) < 4.78 is 7.43. The molecule has 1 aliphatic heterocycles. The molecule has 0 spiro atoms. The van der Waals surface area contributed by atoms with Crippen LogP contribution in [-0.2, 0) is 0 Å². The first-order chi connectivity index (χ1) is 14.8. The second-order valence-corrected chi connectivity index (χ2v) is 10.4. The molecule has 0 amide bonds. The summed E-state index contributed by atoms with van der Waals surface area (Å²) in [6.07, 6.45) is 2.32. The van der Waals surface area contributed by atoms with Crippen molar-refractivity contribution in [3.63, 3.8) is 0 Å². The van der Waals surface area contributed by atoms with Gasteiger partial charge in [-0.25, -0.2) is 0 Å². The van der Waals surface area contributed by atoms with Crippen LogP contribution in [0.25, 0.3) is 5.76 Å². The van der Waals surface area contributed by atoms with Crippen molar-refractivity contribution >= 4 is 40.2 Å². The Morgan fingerprint density at radius 1 is 0.633 bits per heavy atom. The van der Waals surface area contributed by atoms with Gasteiger partial charge in [-0.3, -0.25) is 0 Å². The van der Waals surface area contributed by atoms with Gasteiger partial charge in [0.05, 0.1) is 0 Å². The van der Waals surface area contributed by atoms with Crippen LogP contribution in [0.3, 0.4) is 0 Å². The van der Waals surface area contributed by atoms with E-state index in [0.717, 1.165) is 21.5 Å². The molecule has 30 heavy (non-hydrogen) atoms. The largest absolute Gasteiger partial charge is 0.457 e. The zero-order valence-electron chi connectivity index (χ0n) is 16.3. The van der Waals surface area contributed by atoms with Gasteiger partial charge < -0.3 is 4.74 Å². The summed E-state index contributed by atoms with van der Waals surface area (Å²) in [4.78, 5) is 0. The van der Waals surface area contributed by atoms with E-state index in [1.165, 1.54) is 16.2 Å². The molecule has 1 heterocycles. The SMILES string of the molecule is Brc1ccc(C2=CC(P(c3ccccc3)c3ccccc3)c3ccccc3O2)cc1. The normalized spacial score (nSPS) is 15.3. The molecule has 5 rings (SSSR count). The maximum Gasteiger partial charge on any atom is 0.131 e. The Balaban J connectivity index is 1.69. The quantitative estimate of drug-likeness (QED) is 0.290. The third kappa shape index (κ3) is 3.86. The first-order valence-corrected chi connectivity index (χ1v) is 12.1. The molecule has 3 heteroatoms. The summed E-state index contributed by atoms with van der Waals surface area (Å²) >= 11 is 3.53. The third-order valence-electron chi connectivity index (χ3n) is 5.24. The molecule has 0 aromatic heterocycles. The summed E-state index contributed by atoms with van der Waals surface area (Å²) in [7, 11) is -0.645. The van der Waals surface area contributed by atoms with E-state index in [9.17, 15) is 0 Å². The van der Waals surface area contributed by atoms with Crippen LogP contribution in [0.1, 0.15) is 16.8 Å². The van der Waals surface area contributed by atoms with Crippen LogP contribution in [0.15, 0.2) is 120 Å². The number of para-hydroxylation sites is 1. The van der Waals surface area contributed by atoms with Crippen molar-refractivity contribution in [3.8, 4) is 5.75 Å². The first kappa shape index (κ1) is 19.3. The monoisotopic (exact) mass is 470 g/mol. The second kappa shape index (κ2) is 8.60. The molecule has 0 fully saturated rings. The Kier molecular flexibility index (Phi) is 5.53. The number of halogens is 1. The molecular formula is C27H20BrOP. The average molecular weight is 471 g/mol. The number of ether oxygens (including phenoxy) is 1. The van der Waals surface area contributed by atoms with Crippen LogP contribution in [-0.4, -0.2) is 0 Å². The van der Waals surface area contributed by atoms with Gasteiger partial charge >= 0.3 is 0 Å². The van der Waals surface area contributed by atoms with Crippen LogP contribution in [0.5, 0.6) is 5.75 Å². The lowest BCUT2D eigenvalue weighted by Gasteiger charge is -2.32. The van der Waals surface area contributed by atoms with Crippen molar-refractivity contribution < 1.29 is 4.74 Å². The number of benzene rings is 4. The molecule has 0 saturated heterocycles. The number of allylic oxidation sites excluding steroid dienone is 1. The van der Waals surface area contributed by atoms with E-state index in [4.69, 9.17) is 4.74 Å². The standard InChI is InChI=1S/C27H20BrOP/c28-21-17-15-20(16-18-21)26-19-27(24-13-7-8-14-25(24)29-26)30(22-9-3-1-4-10-22)23-11-5-2-6-12-23/h1-19,27H. The van der Waals surface area contributed by atoms with Crippen molar-refractivity contribution in [1.29, 1.82) is 0 Å². The third-order valence-corrected chi connectivity index (χ3v) is 8.46. The Morgan fingerprint density at radius 2 is 1.20 bits per heavy atom. The maximum atomic E-state index is 6.37. The zero-order valence-corrected chi connectivity index (χ0v) is 18.8. The Morgan fingerprint density at radius 3 is 1.83 bits per heavy atom. The zero-order chi connectivity index (χ0) is 20.3. The molecular weight excluding hydrogens is 451 g/mol. The Labute approximate surface area is 186 Å². The highest BCUT2D eigenvalue weighted by Crippen LogP contribution is 2.55. The van der Waals surface area contributed by atoms with E-state index in [2.05, 4.69) is 125 Å². The molecule has 146 valence electrons. The van der Waals surface area contributed by atoms with Gasteiger partial charge in [0.25, 0.3) is 0 Å². The van der Waals surface area contributed by atoms with Crippen LogP contribution < -0.4 is 15.3 Å². The lowest BCUT2D eigenvalue weighted by molar-refractivity contribution is 0.497. The lowest BCUT2D eigenvalue weighted by Crippen LogP contribution is -2.19. The summed E-state index contributed by atoms with van der Waals surface area (Å²) in [5.41, 5.74) is 2.57. The lowest BCUT2D eigenvalue weighted by atomic mass is 10.0. The highest BCUT2D eigenvalue weighted by atomic mass is 79.9. The second-order valence-electron chi connectivity index (χ2n) is 7.16. The molecule has 0 N–H and O–H groups in total. The van der Waals surface area contributed by atoms with Gasteiger partial charge in [-0.05, 0) is 42.8 Å². The predicted molar refractivity (Wildman–Crippen MR) is 131 cm³/mol.